The van der Waals surface area contributed by atoms with Crippen molar-refractivity contribution in [1.82, 2.24) is 19.7 Å². The molecule has 82 valence electrons. The van der Waals surface area contributed by atoms with Crippen molar-refractivity contribution in [3.05, 3.63) is 29.0 Å². The van der Waals surface area contributed by atoms with Crippen LogP contribution in [0.5, 0.6) is 0 Å². The van der Waals surface area contributed by atoms with Gasteiger partial charge in [-0.15, -0.1) is 0 Å². The second-order valence-corrected chi connectivity index (χ2v) is 4.20. The van der Waals surface area contributed by atoms with Crippen LogP contribution in [-0.2, 0) is 0 Å². The van der Waals surface area contributed by atoms with Crippen LogP contribution in [0, 0.1) is 10.6 Å². The fourth-order valence-electron chi connectivity index (χ4n) is 1.72. The molecule has 6 heteroatoms. The Bertz CT molecular complexity index is 585. The molecule has 4 nitrogen and oxygen atoms in total. The molecule has 2 aromatic heterocycles. The normalized spacial score (nSPS) is 15.3. The van der Waals surface area contributed by atoms with Gasteiger partial charge in [0.05, 0.1) is 11.8 Å². The largest absolute Gasteiger partial charge is 0.297 e. The van der Waals surface area contributed by atoms with Gasteiger partial charge in [-0.1, -0.05) is 0 Å². The molecule has 1 fully saturated rings. The highest BCUT2D eigenvalue weighted by Gasteiger charge is 2.28. The number of H-pyrrole nitrogens is 1. The summed E-state index contributed by atoms with van der Waals surface area (Å²) in [6.45, 7) is 0. The highest BCUT2D eigenvalue weighted by molar-refractivity contribution is 7.71. The van der Waals surface area contributed by atoms with Gasteiger partial charge in [-0.25, -0.2) is 4.39 Å². The molecule has 2 heterocycles. The van der Waals surface area contributed by atoms with Crippen LogP contribution < -0.4 is 0 Å². The number of aromatic amines is 1. The van der Waals surface area contributed by atoms with Crippen molar-refractivity contribution in [2.45, 2.75) is 18.9 Å². The lowest BCUT2D eigenvalue weighted by Crippen LogP contribution is -1.99. The van der Waals surface area contributed by atoms with E-state index in [4.69, 9.17) is 12.2 Å². The lowest BCUT2D eigenvalue weighted by molar-refractivity contribution is 0.620. The summed E-state index contributed by atoms with van der Waals surface area (Å²) < 4.78 is 16.0. The molecule has 2 aromatic rings. The monoisotopic (exact) mass is 236 g/mol. The zero-order valence-corrected chi connectivity index (χ0v) is 9.17. The predicted molar refractivity (Wildman–Crippen MR) is 58.9 cm³/mol. The Morgan fingerprint density at radius 3 is 3.00 bits per heavy atom. The van der Waals surface area contributed by atoms with Crippen molar-refractivity contribution in [2.24, 2.45) is 0 Å². The molecule has 1 saturated carbocycles. The van der Waals surface area contributed by atoms with Crippen molar-refractivity contribution < 1.29 is 4.39 Å². The highest BCUT2D eigenvalue weighted by atomic mass is 32.1. The van der Waals surface area contributed by atoms with Crippen LogP contribution in [0.1, 0.15) is 18.9 Å². The SMILES string of the molecule is Fc1cnccc1-c1n[nH]c(=S)n1C1CC1. The van der Waals surface area contributed by atoms with E-state index in [9.17, 15) is 4.39 Å². The van der Waals surface area contributed by atoms with E-state index in [0.717, 1.165) is 12.8 Å². The third-order valence-corrected chi connectivity index (χ3v) is 2.92. The lowest BCUT2D eigenvalue weighted by Gasteiger charge is -2.04. The second-order valence-electron chi connectivity index (χ2n) is 3.81. The first-order chi connectivity index (χ1) is 7.77. The second kappa shape index (κ2) is 3.48. The number of nitrogens with one attached hydrogen (secondary N) is 1. The Kier molecular flexibility index (Phi) is 2.10. The first-order valence-corrected chi connectivity index (χ1v) is 5.45. The molecular weight excluding hydrogens is 227 g/mol. The summed E-state index contributed by atoms with van der Waals surface area (Å²) in [7, 11) is 0. The summed E-state index contributed by atoms with van der Waals surface area (Å²) in [6.07, 6.45) is 4.89. The average Bonchev–Trinajstić information content (AvgIpc) is 3.04. The van der Waals surface area contributed by atoms with E-state index >= 15 is 0 Å². The molecular formula is C10H9FN4S. The minimum absolute atomic E-state index is 0.369. The van der Waals surface area contributed by atoms with Crippen LogP contribution in [0.15, 0.2) is 18.5 Å². The molecule has 0 bridgehead atoms. The summed E-state index contributed by atoms with van der Waals surface area (Å²) in [6, 6.07) is 1.98. The molecule has 0 aliphatic heterocycles. The first kappa shape index (κ1) is 9.65. The Balaban J connectivity index is 2.20. The summed E-state index contributed by atoms with van der Waals surface area (Å²) >= 11 is 5.14. The summed E-state index contributed by atoms with van der Waals surface area (Å²) in [4.78, 5) is 3.72. The quantitative estimate of drug-likeness (QED) is 0.815. The molecule has 3 rings (SSSR count). The van der Waals surface area contributed by atoms with Gasteiger partial charge in [0.2, 0.25) is 0 Å². The maximum atomic E-state index is 13.6. The molecule has 1 N–H and O–H groups in total. The molecule has 16 heavy (non-hydrogen) atoms. The number of rotatable bonds is 2. The van der Waals surface area contributed by atoms with Gasteiger partial charge in [-0.2, -0.15) is 5.10 Å². The van der Waals surface area contributed by atoms with Gasteiger partial charge in [-0.05, 0) is 31.1 Å². The van der Waals surface area contributed by atoms with E-state index in [1.165, 1.54) is 6.20 Å². The molecule has 0 amide bonds. The zero-order chi connectivity index (χ0) is 11.1. The Morgan fingerprint density at radius 2 is 2.31 bits per heavy atom. The van der Waals surface area contributed by atoms with Crippen LogP contribution in [0.25, 0.3) is 11.4 Å². The summed E-state index contributed by atoms with van der Waals surface area (Å²) in [5.41, 5.74) is 0.439. The van der Waals surface area contributed by atoms with Crippen LogP contribution >= 0.6 is 12.2 Å². The van der Waals surface area contributed by atoms with Crippen LogP contribution in [0.3, 0.4) is 0 Å². The minimum atomic E-state index is -0.376. The highest BCUT2D eigenvalue weighted by Crippen LogP contribution is 2.38. The van der Waals surface area contributed by atoms with Gasteiger partial charge in [0.15, 0.2) is 16.4 Å². The molecule has 0 atom stereocenters. The molecule has 0 unspecified atom stereocenters. The smallest absolute Gasteiger partial charge is 0.195 e. The minimum Gasteiger partial charge on any atom is -0.297 e. The van der Waals surface area contributed by atoms with Gasteiger partial charge in [0.25, 0.3) is 0 Å². The average molecular weight is 236 g/mol. The fraction of sp³-hybridized carbons (Fsp3) is 0.300. The summed E-state index contributed by atoms with van der Waals surface area (Å²) in [5.74, 6) is 0.186. The van der Waals surface area contributed by atoms with E-state index < -0.39 is 0 Å². The molecule has 0 radical (unpaired) electrons. The van der Waals surface area contributed by atoms with Crippen molar-refractivity contribution in [3.63, 3.8) is 0 Å². The lowest BCUT2D eigenvalue weighted by atomic mass is 10.2. The van der Waals surface area contributed by atoms with Crippen LogP contribution in [0.4, 0.5) is 4.39 Å². The molecule has 1 aliphatic carbocycles. The van der Waals surface area contributed by atoms with E-state index in [2.05, 4.69) is 15.2 Å². The number of pyridine rings is 1. The number of hydrogen-bond acceptors (Lipinski definition) is 3. The van der Waals surface area contributed by atoms with Crippen LogP contribution in [-0.4, -0.2) is 19.7 Å². The van der Waals surface area contributed by atoms with Crippen molar-refractivity contribution in [3.8, 4) is 11.4 Å². The van der Waals surface area contributed by atoms with E-state index in [-0.39, 0.29) is 5.82 Å². The molecule has 0 aromatic carbocycles. The third-order valence-electron chi connectivity index (χ3n) is 2.63. The molecule has 0 saturated heterocycles. The summed E-state index contributed by atoms with van der Waals surface area (Å²) in [5, 5.41) is 6.80. The molecule has 1 aliphatic rings. The zero-order valence-electron chi connectivity index (χ0n) is 8.35. The Labute approximate surface area is 96.1 Å². The maximum absolute atomic E-state index is 13.6. The van der Waals surface area contributed by atoms with Crippen LogP contribution in [0.2, 0.25) is 0 Å². The topological polar surface area (TPSA) is 46.5 Å². The number of halogens is 1. The fourth-order valence-corrected chi connectivity index (χ4v) is 2.00. The van der Waals surface area contributed by atoms with Gasteiger partial charge >= 0.3 is 0 Å². The number of nitrogens with zero attached hydrogens (tertiary/aromatic N) is 3. The van der Waals surface area contributed by atoms with E-state index in [0.29, 0.717) is 22.2 Å². The van der Waals surface area contributed by atoms with E-state index in [1.807, 2.05) is 4.57 Å². The van der Waals surface area contributed by atoms with Crippen molar-refractivity contribution >= 4 is 12.2 Å². The van der Waals surface area contributed by atoms with Crippen molar-refractivity contribution in [2.75, 3.05) is 0 Å². The predicted octanol–water partition coefficient (Wildman–Crippen LogP) is 2.48. The number of hydrogen-bond donors (Lipinski definition) is 1. The first-order valence-electron chi connectivity index (χ1n) is 5.04. The van der Waals surface area contributed by atoms with Gasteiger partial charge < -0.3 is 0 Å². The molecule has 0 spiro atoms. The van der Waals surface area contributed by atoms with Gasteiger partial charge in [0, 0.05) is 12.2 Å². The maximum Gasteiger partial charge on any atom is 0.195 e. The van der Waals surface area contributed by atoms with E-state index in [1.54, 1.807) is 12.3 Å². The Morgan fingerprint density at radius 1 is 1.50 bits per heavy atom. The standard InChI is InChI=1S/C10H9FN4S/c11-8-5-12-4-3-7(8)9-13-14-10(16)15(9)6-1-2-6/h3-6H,1-2H2,(H,14,16). The Hall–Kier alpha value is -1.56. The van der Waals surface area contributed by atoms with Crippen molar-refractivity contribution in [1.29, 1.82) is 0 Å². The number of aromatic nitrogens is 4. The van der Waals surface area contributed by atoms with Gasteiger partial charge in [-0.3, -0.25) is 14.6 Å². The third kappa shape index (κ3) is 1.46. The van der Waals surface area contributed by atoms with Gasteiger partial charge in [0.1, 0.15) is 0 Å².